The molecule has 10 heteroatoms. The molecule has 0 fully saturated rings. The molecule has 4 rings (SSSR count). The molecule has 6 nitrogen and oxygen atoms in total. The highest BCUT2D eigenvalue weighted by Gasteiger charge is 2.35. The van der Waals surface area contributed by atoms with Crippen molar-refractivity contribution in [1.29, 1.82) is 0 Å². The van der Waals surface area contributed by atoms with Gasteiger partial charge in [0.25, 0.3) is 22.9 Å². The molecule has 0 radical (unpaired) electrons. The lowest BCUT2D eigenvalue weighted by Crippen LogP contribution is -2.39. The highest BCUT2D eigenvalue weighted by Crippen LogP contribution is 2.27. The van der Waals surface area contributed by atoms with E-state index in [4.69, 9.17) is 51.8 Å². The molecule has 0 spiro atoms. The van der Waals surface area contributed by atoms with Gasteiger partial charge in [0.1, 0.15) is 6.61 Å². The van der Waals surface area contributed by atoms with E-state index in [0.717, 1.165) is 9.80 Å². The van der Waals surface area contributed by atoms with Crippen molar-refractivity contribution in [3.63, 3.8) is 0 Å². The summed E-state index contributed by atoms with van der Waals surface area (Å²) in [7, 11) is 0. The number of hydrogen-bond acceptors (Lipinski definition) is 5. The molecule has 172 valence electrons. The number of fused-ring (bicyclic) bond motifs is 1. The Balaban J connectivity index is 1.52. The molecule has 3 amide bonds. The van der Waals surface area contributed by atoms with Crippen LogP contribution in [0, 0.1) is 0 Å². The molecule has 1 aliphatic rings. The van der Waals surface area contributed by atoms with Crippen LogP contribution in [-0.4, -0.2) is 40.9 Å². The number of ether oxygens (including phenoxy) is 1. The maximum absolute atomic E-state index is 13.4. The second kappa shape index (κ2) is 10.1. The second-order valence-electron chi connectivity index (χ2n) is 7.16. The fourth-order valence-electron chi connectivity index (χ4n) is 3.41. The first-order valence-corrected chi connectivity index (χ1v) is 11.5. The number of rotatable bonds is 5. The van der Waals surface area contributed by atoms with Gasteiger partial charge >= 0.3 is 0 Å². The van der Waals surface area contributed by atoms with Gasteiger partial charge in [-0.1, -0.05) is 46.9 Å². The molecule has 1 aliphatic heterocycles. The maximum Gasteiger partial charge on any atom is 0.271 e. The van der Waals surface area contributed by atoms with Crippen LogP contribution in [0.2, 0.25) is 15.1 Å². The Labute approximate surface area is 215 Å². The van der Waals surface area contributed by atoms with E-state index in [9.17, 15) is 14.4 Å². The van der Waals surface area contributed by atoms with Crippen LogP contribution < -0.4 is 4.90 Å². The Hall–Kier alpha value is -2.97. The minimum atomic E-state index is -0.547. The van der Waals surface area contributed by atoms with Gasteiger partial charge in [0.05, 0.1) is 33.9 Å². The minimum absolute atomic E-state index is 0.0448. The van der Waals surface area contributed by atoms with E-state index in [1.807, 2.05) is 0 Å². The van der Waals surface area contributed by atoms with E-state index in [1.165, 1.54) is 18.2 Å². The average Bonchev–Trinajstić information content (AvgIpc) is 3.05. The summed E-state index contributed by atoms with van der Waals surface area (Å²) in [6.45, 7) is -0.160. The van der Waals surface area contributed by atoms with Crippen molar-refractivity contribution in [2.45, 2.75) is 0 Å². The van der Waals surface area contributed by atoms with Gasteiger partial charge < -0.3 is 4.74 Å². The quantitative estimate of drug-likeness (QED) is 0.302. The predicted molar refractivity (Wildman–Crippen MR) is 135 cm³/mol. The predicted octanol–water partition coefficient (Wildman–Crippen LogP) is 5.89. The van der Waals surface area contributed by atoms with Gasteiger partial charge in [-0.2, -0.15) is 0 Å². The SMILES string of the molecule is O=C1c2ccccc2C(=O)N1CCOC(=S)N(C(=O)c1ccc(Cl)cc1Cl)c1ccc(Cl)cc1. The number of carbonyl (C=O) groups is 3. The fourth-order valence-corrected chi connectivity index (χ4v) is 4.30. The number of carbonyl (C=O) groups excluding carboxylic acids is 3. The highest BCUT2D eigenvalue weighted by atomic mass is 35.5. The van der Waals surface area contributed by atoms with Crippen molar-refractivity contribution in [3.8, 4) is 0 Å². The normalized spacial score (nSPS) is 12.5. The second-order valence-corrected chi connectivity index (χ2v) is 8.79. The fraction of sp³-hybridized carbons (Fsp3) is 0.0833. The molecule has 3 aromatic rings. The number of anilines is 1. The summed E-state index contributed by atoms with van der Waals surface area (Å²) in [4.78, 5) is 40.7. The van der Waals surface area contributed by atoms with Crippen LogP contribution in [0.25, 0.3) is 0 Å². The first-order chi connectivity index (χ1) is 16.3. The first-order valence-electron chi connectivity index (χ1n) is 9.95. The summed E-state index contributed by atoms with van der Waals surface area (Å²) in [6.07, 6.45) is 0. The highest BCUT2D eigenvalue weighted by molar-refractivity contribution is 7.80. The van der Waals surface area contributed by atoms with Crippen molar-refractivity contribution in [2.75, 3.05) is 18.1 Å². The molecule has 0 bridgehead atoms. The number of benzene rings is 3. The summed E-state index contributed by atoms with van der Waals surface area (Å²) in [6, 6.07) is 17.4. The van der Waals surface area contributed by atoms with Crippen molar-refractivity contribution < 1.29 is 19.1 Å². The van der Waals surface area contributed by atoms with E-state index in [2.05, 4.69) is 0 Å². The molecule has 0 aromatic heterocycles. The zero-order valence-electron chi connectivity index (χ0n) is 17.3. The van der Waals surface area contributed by atoms with E-state index < -0.39 is 17.7 Å². The number of nitrogens with zero attached hydrogens (tertiary/aromatic N) is 2. The monoisotopic (exact) mass is 532 g/mol. The number of amides is 3. The summed E-state index contributed by atoms with van der Waals surface area (Å²) < 4.78 is 5.64. The van der Waals surface area contributed by atoms with Crippen LogP contribution in [-0.2, 0) is 4.74 Å². The first kappa shape index (κ1) is 24.2. The van der Waals surface area contributed by atoms with Crippen LogP contribution in [0.4, 0.5) is 5.69 Å². The lowest BCUT2D eigenvalue weighted by Gasteiger charge is -2.24. The van der Waals surface area contributed by atoms with E-state index in [0.29, 0.717) is 26.9 Å². The van der Waals surface area contributed by atoms with Gasteiger partial charge in [-0.05, 0) is 66.8 Å². The van der Waals surface area contributed by atoms with Crippen LogP contribution in [0.3, 0.4) is 0 Å². The Morgan fingerprint density at radius 2 is 1.47 bits per heavy atom. The zero-order chi connectivity index (χ0) is 24.4. The third-order valence-corrected chi connectivity index (χ3v) is 6.15. The Kier molecular flexibility index (Phi) is 7.19. The van der Waals surface area contributed by atoms with Gasteiger partial charge in [-0.3, -0.25) is 19.3 Å². The van der Waals surface area contributed by atoms with Crippen molar-refractivity contribution >= 4 is 75.6 Å². The van der Waals surface area contributed by atoms with Gasteiger partial charge in [-0.15, -0.1) is 0 Å². The molecular weight excluding hydrogens is 519 g/mol. The number of thiocarbonyl (C=S) groups is 1. The molecule has 0 saturated heterocycles. The molecule has 1 heterocycles. The lowest BCUT2D eigenvalue weighted by molar-refractivity contribution is 0.0627. The van der Waals surface area contributed by atoms with Crippen molar-refractivity contribution in [1.82, 2.24) is 4.90 Å². The van der Waals surface area contributed by atoms with Gasteiger partial charge in [-0.25, -0.2) is 4.90 Å². The standard InChI is InChI=1S/C24H15Cl3N2O4S/c25-14-5-8-16(9-6-14)29(23(32)19-10-7-15(26)13-20(19)27)24(34)33-12-11-28-21(30)17-3-1-2-4-18(17)22(28)31/h1-10,13H,11-12H2. The van der Waals surface area contributed by atoms with E-state index in [-0.39, 0.29) is 28.9 Å². The average molecular weight is 534 g/mol. The van der Waals surface area contributed by atoms with Crippen LogP contribution >= 0.6 is 47.0 Å². The number of halogens is 3. The van der Waals surface area contributed by atoms with Crippen LogP contribution in [0.15, 0.2) is 66.7 Å². The lowest BCUT2D eigenvalue weighted by atomic mass is 10.1. The van der Waals surface area contributed by atoms with Gasteiger partial charge in [0, 0.05) is 10.0 Å². The van der Waals surface area contributed by atoms with Crippen molar-refractivity contribution in [2.24, 2.45) is 0 Å². The smallest absolute Gasteiger partial charge is 0.271 e. The molecular formula is C24H15Cl3N2O4S. The molecule has 34 heavy (non-hydrogen) atoms. The third kappa shape index (κ3) is 4.79. The third-order valence-electron chi connectivity index (χ3n) is 5.05. The molecule has 0 saturated carbocycles. The van der Waals surface area contributed by atoms with Gasteiger partial charge in [0.2, 0.25) is 0 Å². The number of imide groups is 1. The number of hydrogen-bond donors (Lipinski definition) is 0. The molecule has 3 aromatic carbocycles. The zero-order valence-corrected chi connectivity index (χ0v) is 20.4. The Morgan fingerprint density at radius 1 is 0.882 bits per heavy atom. The topological polar surface area (TPSA) is 66.9 Å². The largest absolute Gasteiger partial charge is 0.468 e. The van der Waals surface area contributed by atoms with Crippen molar-refractivity contribution in [3.05, 3.63) is 98.5 Å². The Bertz CT molecular complexity index is 1280. The molecule has 0 N–H and O–H groups in total. The molecule has 0 unspecified atom stereocenters. The van der Waals surface area contributed by atoms with E-state index >= 15 is 0 Å². The van der Waals surface area contributed by atoms with Gasteiger partial charge in [0.15, 0.2) is 0 Å². The minimum Gasteiger partial charge on any atom is -0.468 e. The van der Waals surface area contributed by atoms with Crippen LogP contribution in [0.5, 0.6) is 0 Å². The molecule has 0 atom stereocenters. The maximum atomic E-state index is 13.4. The summed E-state index contributed by atoms with van der Waals surface area (Å²) in [5.41, 5.74) is 1.23. The summed E-state index contributed by atoms with van der Waals surface area (Å²) >= 11 is 23.6. The Morgan fingerprint density at radius 3 is 2.06 bits per heavy atom. The summed E-state index contributed by atoms with van der Waals surface area (Å²) in [5, 5.41) is 0.803. The van der Waals surface area contributed by atoms with Crippen LogP contribution in [0.1, 0.15) is 31.1 Å². The summed E-state index contributed by atoms with van der Waals surface area (Å²) in [5.74, 6) is -1.36. The molecule has 0 aliphatic carbocycles. The van der Waals surface area contributed by atoms with E-state index in [1.54, 1.807) is 48.5 Å².